The molecule has 2 atom stereocenters. The number of anilines is 1. The van der Waals surface area contributed by atoms with Gasteiger partial charge in [0.1, 0.15) is 18.1 Å². The lowest BCUT2D eigenvalue weighted by Crippen LogP contribution is -2.53. The van der Waals surface area contributed by atoms with Gasteiger partial charge in [0.2, 0.25) is 0 Å². The van der Waals surface area contributed by atoms with E-state index in [0.29, 0.717) is 48.7 Å². The van der Waals surface area contributed by atoms with Crippen molar-refractivity contribution in [3.8, 4) is 5.75 Å². The van der Waals surface area contributed by atoms with E-state index in [2.05, 4.69) is 6.58 Å². The van der Waals surface area contributed by atoms with Gasteiger partial charge < -0.3 is 24.4 Å². The van der Waals surface area contributed by atoms with E-state index in [0.717, 1.165) is 18.4 Å². The lowest BCUT2D eigenvalue weighted by Gasteiger charge is -2.35. The van der Waals surface area contributed by atoms with Gasteiger partial charge >= 0.3 is 0 Å². The molecule has 8 nitrogen and oxygen atoms in total. The Morgan fingerprint density at radius 2 is 2.03 bits per heavy atom. The number of aliphatic hydroxyl groups excluding tert-OH is 1. The van der Waals surface area contributed by atoms with Crippen LogP contribution in [0.3, 0.4) is 0 Å². The molecule has 0 aromatic heterocycles. The van der Waals surface area contributed by atoms with Gasteiger partial charge in [0.05, 0.1) is 17.4 Å². The summed E-state index contributed by atoms with van der Waals surface area (Å²) in [4.78, 5) is 44.7. The molecule has 0 aliphatic carbocycles. The zero-order chi connectivity index (χ0) is 27.0. The number of Topliss-reactive ketones (excluding diaryl/α,β-unsaturated/α-hetero) is 1. The summed E-state index contributed by atoms with van der Waals surface area (Å²) in [6.07, 6.45) is 3.58. The number of hydrogen-bond acceptors (Lipinski definition) is 6. The maximum absolute atomic E-state index is 14.4. The number of carbonyl (C=O) groups is 3. The van der Waals surface area contributed by atoms with Crippen molar-refractivity contribution in [2.24, 2.45) is 0 Å². The zero-order valence-electron chi connectivity index (χ0n) is 21.7. The summed E-state index contributed by atoms with van der Waals surface area (Å²) in [6, 6.07) is 12.2. The maximum atomic E-state index is 14.4. The van der Waals surface area contributed by atoms with Crippen LogP contribution in [-0.4, -0.2) is 60.0 Å². The Bertz CT molecular complexity index is 1340. The predicted molar refractivity (Wildman–Crippen MR) is 143 cm³/mol. The van der Waals surface area contributed by atoms with Crippen LogP contribution in [0.5, 0.6) is 5.75 Å². The number of amides is 2. The Hall–Kier alpha value is -3.91. The van der Waals surface area contributed by atoms with Crippen LogP contribution < -0.4 is 9.64 Å². The minimum atomic E-state index is -1.78. The van der Waals surface area contributed by atoms with Gasteiger partial charge in [-0.2, -0.15) is 0 Å². The van der Waals surface area contributed by atoms with Gasteiger partial charge in [0, 0.05) is 30.8 Å². The monoisotopic (exact) mass is 516 g/mol. The quantitative estimate of drug-likeness (QED) is 0.246. The van der Waals surface area contributed by atoms with E-state index in [9.17, 15) is 19.5 Å². The number of rotatable bonds is 8. The second-order valence-electron chi connectivity index (χ2n) is 9.87. The van der Waals surface area contributed by atoms with Crippen LogP contribution >= 0.6 is 0 Å². The van der Waals surface area contributed by atoms with E-state index >= 15 is 0 Å². The summed E-state index contributed by atoms with van der Waals surface area (Å²) >= 11 is 0. The molecular weight excluding hydrogens is 484 g/mol. The highest BCUT2D eigenvalue weighted by Gasteiger charge is 2.67. The molecule has 0 unspecified atom stereocenters. The maximum Gasteiger partial charge on any atom is 0.296 e. The molecule has 8 heteroatoms. The fourth-order valence-corrected chi connectivity index (χ4v) is 5.81. The molecule has 1 spiro atoms. The van der Waals surface area contributed by atoms with Gasteiger partial charge in [0.25, 0.3) is 17.6 Å². The van der Waals surface area contributed by atoms with Crippen LogP contribution in [0.2, 0.25) is 0 Å². The fourth-order valence-electron chi connectivity index (χ4n) is 5.81. The van der Waals surface area contributed by atoms with Gasteiger partial charge in [-0.3, -0.25) is 14.4 Å². The number of carbonyl (C=O) groups excluding carboxylic acids is 3. The summed E-state index contributed by atoms with van der Waals surface area (Å²) < 4.78 is 11.5. The third kappa shape index (κ3) is 3.82. The van der Waals surface area contributed by atoms with Gasteiger partial charge in [-0.1, -0.05) is 37.8 Å². The average molecular weight is 517 g/mol. The van der Waals surface area contributed by atoms with Crippen LogP contribution in [0.1, 0.15) is 42.9 Å². The third-order valence-electron chi connectivity index (χ3n) is 7.47. The van der Waals surface area contributed by atoms with Crippen molar-refractivity contribution in [3.63, 3.8) is 0 Å². The van der Waals surface area contributed by atoms with E-state index in [1.54, 1.807) is 41.3 Å². The zero-order valence-corrected chi connectivity index (χ0v) is 21.7. The molecule has 2 aromatic carbocycles. The van der Waals surface area contributed by atoms with Crippen LogP contribution in [0.25, 0.3) is 5.76 Å². The summed E-state index contributed by atoms with van der Waals surface area (Å²) in [5, 5.41) is 11.7. The first kappa shape index (κ1) is 25.7. The molecule has 2 amide bonds. The Kier molecular flexibility index (Phi) is 6.84. The summed E-state index contributed by atoms with van der Waals surface area (Å²) in [5.74, 6) is -1.90. The number of ether oxygens (including phenoxy) is 2. The molecule has 5 rings (SSSR count). The van der Waals surface area contributed by atoms with E-state index in [-0.39, 0.29) is 18.2 Å². The van der Waals surface area contributed by atoms with Crippen molar-refractivity contribution < 1.29 is 29.0 Å². The second-order valence-corrected chi connectivity index (χ2v) is 9.87. The van der Waals surface area contributed by atoms with Crippen LogP contribution in [-0.2, 0) is 24.7 Å². The Labute approximate surface area is 222 Å². The van der Waals surface area contributed by atoms with E-state index in [4.69, 9.17) is 9.47 Å². The van der Waals surface area contributed by atoms with Crippen molar-refractivity contribution in [1.82, 2.24) is 4.90 Å². The molecule has 38 heavy (non-hydrogen) atoms. The average Bonchev–Trinajstić information content (AvgIpc) is 3.58. The molecule has 3 aliphatic heterocycles. The molecule has 1 N–H and O–H groups in total. The summed E-state index contributed by atoms with van der Waals surface area (Å²) in [7, 11) is 0. The summed E-state index contributed by atoms with van der Waals surface area (Å²) in [5.41, 5.74) is 0.206. The number of aryl methyl sites for hydroxylation is 1. The first-order chi connectivity index (χ1) is 18.4. The van der Waals surface area contributed by atoms with Gasteiger partial charge in [0.15, 0.2) is 5.54 Å². The molecule has 0 radical (unpaired) electrons. The van der Waals surface area contributed by atoms with Crippen LogP contribution in [0, 0.1) is 6.92 Å². The van der Waals surface area contributed by atoms with Crippen LogP contribution in [0.4, 0.5) is 5.69 Å². The topological polar surface area (TPSA) is 96.4 Å². The molecule has 3 heterocycles. The highest BCUT2D eigenvalue weighted by atomic mass is 16.5. The number of ketones is 1. The first-order valence-corrected chi connectivity index (χ1v) is 13.0. The fraction of sp³-hybridized carbons (Fsp3) is 0.367. The number of fused-ring (bicyclic) bond motifs is 2. The Balaban J connectivity index is 1.73. The molecule has 0 saturated carbocycles. The Morgan fingerprint density at radius 1 is 1.24 bits per heavy atom. The minimum absolute atomic E-state index is 0.0781. The van der Waals surface area contributed by atoms with Crippen molar-refractivity contribution >= 4 is 29.0 Å². The van der Waals surface area contributed by atoms with Gasteiger partial charge in [-0.15, -0.1) is 0 Å². The second kappa shape index (κ2) is 10.1. The number of aliphatic hydroxyl groups is 1. The smallest absolute Gasteiger partial charge is 0.296 e. The Morgan fingerprint density at radius 3 is 2.71 bits per heavy atom. The molecule has 2 aromatic rings. The van der Waals surface area contributed by atoms with Crippen LogP contribution in [0.15, 0.2) is 60.7 Å². The van der Waals surface area contributed by atoms with Crippen molar-refractivity contribution in [2.45, 2.75) is 44.8 Å². The van der Waals surface area contributed by atoms with E-state index in [1.165, 1.54) is 4.90 Å². The number of nitrogens with zero attached hydrogens (tertiary/aromatic N) is 2. The highest BCUT2D eigenvalue weighted by molar-refractivity contribution is 6.50. The van der Waals surface area contributed by atoms with Crippen molar-refractivity contribution in [1.29, 1.82) is 0 Å². The normalized spacial score (nSPS) is 23.9. The van der Waals surface area contributed by atoms with Crippen molar-refractivity contribution in [2.75, 3.05) is 31.2 Å². The first-order valence-electron chi connectivity index (χ1n) is 13.0. The van der Waals surface area contributed by atoms with Gasteiger partial charge in [-0.05, 0) is 56.0 Å². The van der Waals surface area contributed by atoms with Gasteiger partial charge in [-0.25, -0.2) is 0 Å². The number of para-hydroxylation sites is 1. The molecular formula is C30H32N2O6. The SMILES string of the molecule is C=CCOc1ccc(C(O)=C2C(=O)C(=O)N(C[C@H]3CCCO3)[C@@]23C(=O)N(CCC)c2ccccc23)cc1C. The molecule has 0 bridgehead atoms. The molecule has 198 valence electrons. The largest absolute Gasteiger partial charge is 0.507 e. The lowest BCUT2D eigenvalue weighted by atomic mass is 9.81. The molecule has 2 fully saturated rings. The lowest BCUT2D eigenvalue weighted by molar-refractivity contribution is -0.145. The number of benzene rings is 2. The number of likely N-dealkylation sites (tertiary alicyclic amines) is 1. The predicted octanol–water partition coefficient (Wildman–Crippen LogP) is 4.07. The highest BCUT2D eigenvalue weighted by Crippen LogP contribution is 2.54. The van der Waals surface area contributed by atoms with E-state index < -0.39 is 28.9 Å². The minimum Gasteiger partial charge on any atom is -0.507 e. The standard InChI is InChI=1S/C30H32N2O6/c1-4-14-31-23-11-7-6-10-22(23)30(29(31)36)25(27(34)28(35)32(30)18-21-9-8-16-37-21)26(33)20-12-13-24(19(3)17-20)38-15-5-2/h5-7,10-13,17,21,33H,2,4,8-9,14-16,18H2,1,3H3/t21-,30-/m1/s1. The summed E-state index contributed by atoms with van der Waals surface area (Å²) in [6.45, 7) is 8.81. The van der Waals surface area contributed by atoms with E-state index in [1.807, 2.05) is 26.0 Å². The molecule has 2 saturated heterocycles. The number of hydrogen-bond donors (Lipinski definition) is 1. The molecule has 3 aliphatic rings. The third-order valence-corrected chi connectivity index (χ3v) is 7.47. The van der Waals surface area contributed by atoms with Crippen molar-refractivity contribution in [3.05, 3.63) is 77.4 Å².